The number of esters is 1. The number of nitrogens with one attached hydrogen (secondary N) is 3. The van der Waals surface area contributed by atoms with Crippen molar-refractivity contribution in [2.24, 2.45) is 11.8 Å². The van der Waals surface area contributed by atoms with Crippen LogP contribution in [-0.2, 0) is 36.8 Å². The van der Waals surface area contributed by atoms with Gasteiger partial charge in [-0.3, -0.25) is 14.4 Å². The summed E-state index contributed by atoms with van der Waals surface area (Å²) in [6.45, 7) is 5.16. The molecule has 1 aliphatic heterocycles. The van der Waals surface area contributed by atoms with Crippen molar-refractivity contribution in [3.05, 3.63) is 66.2 Å². The van der Waals surface area contributed by atoms with Crippen LogP contribution < -0.4 is 10.6 Å². The van der Waals surface area contributed by atoms with Gasteiger partial charge in [-0.15, -0.1) is 0 Å². The van der Waals surface area contributed by atoms with Gasteiger partial charge in [0.1, 0.15) is 6.04 Å². The first-order valence-corrected chi connectivity index (χ1v) is 15.7. The zero-order valence-electron chi connectivity index (χ0n) is 26.3. The third kappa shape index (κ3) is 9.37. The molecule has 1 saturated heterocycles. The van der Waals surface area contributed by atoms with E-state index < -0.39 is 41.9 Å². The van der Waals surface area contributed by atoms with Crippen LogP contribution in [0.4, 0.5) is 0 Å². The van der Waals surface area contributed by atoms with E-state index in [0.717, 1.165) is 35.6 Å². The number of carbonyl (C=O) groups excluding carboxylic acids is 4. The molecule has 3 aromatic rings. The van der Waals surface area contributed by atoms with Crippen LogP contribution in [0.5, 0.6) is 0 Å². The van der Waals surface area contributed by atoms with Crippen LogP contribution in [0.15, 0.2) is 55.0 Å². The van der Waals surface area contributed by atoms with Crippen molar-refractivity contribution in [1.29, 1.82) is 0 Å². The Bertz CT molecular complexity index is 1430. The predicted molar refractivity (Wildman–Crippen MR) is 170 cm³/mol. The highest BCUT2D eigenvalue weighted by molar-refractivity contribution is 5.92. The summed E-state index contributed by atoms with van der Waals surface area (Å²) in [4.78, 5) is 62.3. The van der Waals surface area contributed by atoms with Crippen molar-refractivity contribution in [1.82, 2.24) is 25.5 Å². The summed E-state index contributed by atoms with van der Waals surface area (Å²) in [6.07, 6.45) is 5.13. The molecule has 4 N–H and O–H groups in total. The minimum Gasteiger partial charge on any atom is -0.467 e. The van der Waals surface area contributed by atoms with Gasteiger partial charge in [0.15, 0.2) is 6.10 Å². The number of carbonyl (C=O) groups is 4. The molecule has 4 rings (SSSR count). The van der Waals surface area contributed by atoms with Crippen molar-refractivity contribution in [2.75, 3.05) is 20.2 Å². The van der Waals surface area contributed by atoms with E-state index in [9.17, 15) is 24.3 Å². The van der Waals surface area contributed by atoms with Crippen molar-refractivity contribution >= 4 is 34.5 Å². The second kappa shape index (κ2) is 16.2. The Morgan fingerprint density at radius 1 is 0.978 bits per heavy atom. The number of imidazole rings is 1. The molecule has 0 spiro atoms. The number of nitrogens with zero attached hydrogens (tertiary/aromatic N) is 2. The molecule has 0 radical (unpaired) electrons. The third-order valence-corrected chi connectivity index (χ3v) is 8.34. The lowest BCUT2D eigenvalue weighted by atomic mass is 9.91. The lowest BCUT2D eigenvalue weighted by molar-refractivity contribution is -0.152. The Hall–Kier alpha value is -4.25. The van der Waals surface area contributed by atoms with Crippen molar-refractivity contribution in [2.45, 2.75) is 77.0 Å². The second-order valence-electron chi connectivity index (χ2n) is 12.2. The van der Waals surface area contributed by atoms with E-state index in [-0.39, 0.29) is 24.7 Å². The highest BCUT2D eigenvalue weighted by Crippen LogP contribution is 2.24. The molecule has 2 unspecified atom stereocenters. The van der Waals surface area contributed by atoms with Gasteiger partial charge in [0.2, 0.25) is 17.7 Å². The topological polar surface area (TPSA) is 154 Å². The first-order valence-electron chi connectivity index (χ1n) is 15.7. The largest absolute Gasteiger partial charge is 0.467 e. The number of piperidine rings is 1. The Kier molecular flexibility index (Phi) is 12.1. The van der Waals surface area contributed by atoms with E-state index in [4.69, 9.17) is 4.74 Å². The number of aliphatic hydroxyl groups excluding tert-OH is 1. The summed E-state index contributed by atoms with van der Waals surface area (Å²) in [6, 6.07) is 11.8. The molecule has 2 aromatic carbocycles. The number of likely N-dealkylation sites (tertiary alicyclic amines) is 1. The van der Waals surface area contributed by atoms with Crippen LogP contribution in [-0.4, -0.2) is 82.1 Å². The lowest BCUT2D eigenvalue weighted by Crippen LogP contribution is -2.56. The summed E-state index contributed by atoms with van der Waals surface area (Å²) in [5, 5.41) is 18.3. The number of ether oxygens (including phenoxy) is 1. The molecule has 3 amide bonds. The number of aliphatic hydroxyl groups is 1. The number of amides is 3. The summed E-state index contributed by atoms with van der Waals surface area (Å²) >= 11 is 0. The molecule has 11 nitrogen and oxygen atoms in total. The standard InChI is InChI=1S/C34H45N5O6/c1-22(2)16-28(31(41)34(44)45-3)37-33(43)29(19-26-20-35-21-36-26)38-32(42)25(18-30(40)39-14-7-4-8-15-39)17-24-12-9-11-23-10-5-6-13-27(23)24/h5-6,9-13,20-22,25,28-29,31,41H,4,7-8,14-19H2,1-3H3,(H,35,36)(H,37,43)(H,38,42)/t25?,28-,29-,31?/m0/s1. The SMILES string of the molecule is COC(=O)C(O)[C@H](CC(C)C)NC(=O)[C@H](Cc1cnc[nH]1)NC(=O)C(CC(=O)N1CCCCC1)Cc1cccc2ccccc12. The molecule has 1 aliphatic rings. The van der Waals surface area contributed by atoms with Crippen molar-refractivity contribution in [3.8, 4) is 0 Å². The quantitative estimate of drug-likeness (QED) is 0.202. The zero-order chi connectivity index (χ0) is 32.3. The third-order valence-electron chi connectivity index (χ3n) is 8.34. The van der Waals surface area contributed by atoms with Gasteiger partial charge < -0.3 is 30.4 Å². The van der Waals surface area contributed by atoms with Gasteiger partial charge in [0.25, 0.3) is 0 Å². The first-order chi connectivity index (χ1) is 21.7. The number of aromatic amines is 1. The Morgan fingerprint density at radius 3 is 2.40 bits per heavy atom. The summed E-state index contributed by atoms with van der Waals surface area (Å²) in [5.41, 5.74) is 1.55. The molecular weight excluding hydrogens is 574 g/mol. The Labute approximate surface area is 264 Å². The second-order valence-corrected chi connectivity index (χ2v) is 12.2. The van der Waals surface area contributed by atoms with Gasteiger partial charge in [-0.2, -0.15) is 0 Å². The van der Waals surface area contributed by atoms with Crippen LogP contribution >= 0.6 is 0 Å². The highest BCUT2D eigenvalue weighted by Gasteiger charge is 2.34. The maximum Gasteiger partial charge on any atom is 0.336 e. The molecular formula is C34H45N5O6. The number of benzene rings is 2. The monoisotopic (exact) mass is 619 g/mol. The summed E-state index contributed by atoms with van der Waals surface area (Å²) in [5.74, 6) is -2.64. The van der Waals surface area contributed by atoms with Gasteiger partial charge in [0, 0.05) is 37.8 Å². The van der Waals surface area contributed by atoms with E-state index in [1.165, 1.54) is 13.4 Å². The van der Waals surface area contributed by atoms with Crippen LogP contribution in [0.25, 0.3) is 10.8 Å². The maximum atomic E-state index is 14.1. The number of fused-ring (bicyclic) bond motifs is 1. The van der Waals surface area contributed by atoms with Gasteiger partial charge in [-0.25, -0.2) is 9.78 Å². The van der Waals surface area contributed by atoms with Gasteiger partial charge >= 0.3 is 5.97 Å². The van der Waals surface area contributed by atoms with Crippen LogP contribution in [0.2, 0.25) is 0 Å². The number of hydrogen-bond donors (Lipinski definition) is 4. The number of aromatic nitrogens is 2. The van der Waals surface area contributed by atoms with Gasteiger partial charge in [-0.05, 0) is 54.4 Å². The molecule has 1 fully saturated rings. The molecule has 1 aromatic heterocycles. The van der Waals surface area contributed by atoms with Crippen LogP contribution in [0.1, 0.15) is 57.2 Å². The van der Waals surface area contributed by atoms with E-state index in [1.54, 1.807) is 6.20 Å². The minimum atomic E-state index is -1.58. The molecule has 4 atom stereocenters. The molecule has 2 heterocycles. The summed E-state index contributed by atoms with van der Waals surface area (Å²) < 4.78 is 4.71. The molecule has 0 bridgehead atoms. The lowest BCUT2D eigenvalue weighted by Gasteiger charge is -2.29. The number of rotatable bonds is 14. The number of H-pyrrole nitrogens is 1. The number of methoxy groups -OCH3 is 1. The first kappa shape index (κ1) is 33.6. The smallest absolute Gasteiger partial charge is 0.336 e. The minimum absolute atomic E-state index is 0.00444. The average Bonchev–Trinajstić information content (AvgIpc) is 3.56. The van der Waals surface area contributed by atoms with E-state index >= 15 is 0 Å². The van der Waals surface area contributed by atoms with Crippen molar-refractivity contribution in [3.63, 3.8) is 0 Å². The van der Waals surface area contributed by atoms with Gasteiger partial charge in [-0.1, -0.05) is 56.3 Å². The van der Waals surface area contributed by atoms with Gasteiger partial charge in [0.05, 0.1) is 25.4 Å². The molecule has 242 valence electrons. The van der Waals surface area contributed by atoms with E-state index in [1.807, 2.05) is 61.2 Å². The molecule has 11 heteroatoms. The zero-order valence-corrected chi connectivity index (χ0v) is 26.3. The van der Waals surface area contributed by atoms with E-state index in [2.05, 4.69) is 20.6 Å². The number of hydrogen-bond acceptors (Lipinski definition) is 7. The fraction of sp³-hybridized carbons (Fsp3) is 0.500. The normalized spacial score (nSPS) is 16.1. The Morgan fingerprint density at radius 2 is 1.71 bits per heavy atom. The molecule has 0 aliphatic carbocycles. The van der Waals surface area contributed by atoms with E-state index in [0.29, 0.717) is 31.6 Å². The fourth-order valence-corrected chi connectivity index (χ4v) is 5.93. The maximum absolute atomic E-state index is 14.1. The Balaban J connectivity index is 1.60. The highest BCUT2D eigenvalue weighted by atomic mass is 16.5. The summed E-state index contributed by atoms with van der Waals surface area (Å²) in [7, 11) is 1.17. The predicted octanol–water partition coefficient (Wildman–Crippen LogP) is 2.92. The molecule has 0 saturated carbocycles. The fourth-order valence-electron chi connectivity index (χ4n) is 5.93. The van der Waals surface area contributed by atoms with Crippen molar-refractivity contribution < 1.29 is 29.0 Å². The average molecular weight is 620 g/mol. The molecule has 45 heavy (non-hydrogen) atoms. The van der Waals surface area contributed by atoms with Crippen LogP contribution in [0, 0.1) is 11.8 Å². The van der Waals surface area contributed by atoms with Crippen LogP contribution in [0.3, 0.4) is 0 Å².